The molecule has 0 aliphatic heterocycles. The molecule has 5 N–H and O–H groups in total. The molecule has 1 saturated carbocycles. The molecular weight excluding hydrogens is 411 g/mol. The first-order valence-corrected chi connectivity index (χ1v) is 9.67. The summed E-state index contributed by atoms with van der Waals surface area (Å²) in [7, 11) is 0. The van der Waals surface area contributed by atoms with Crippen molar-refractivity contribution in [1.29, 1.82) is 5.41 Å². The molecule has 11 heteroatoms. The number of benzene rings is 1. The van der Waals surface area contributed by atoms with Crippen LogP contribution in [0.3, 0.4) is 0 Å². The molecule has 0 bridgehead atoms. The molecule has 1 aromatic heterocycles. The van der Waals surface area contributed by atoms with E-state index in [1.807, 2.05) is 0 Å². The van der Waals surface area contributed by atoms with Crippen LogP contribution in [0.15, 0.2) is 45.7 Å². The average molecular weight is 433 g/mol. The zero-order chi connectivity index (χ0) is 22.5. The molecule has 1 fully saturated rings. The maximum Gasteiger partial charge on any atom is 0.290 e. The Balaban J connectivity index is 1.93. The summed E-state index contributed by atoms with van der Waals surface area (Å²) in [6.45, 7) is 1.25. The van der Waals surface area contributed by atoms with Gasteiger partial charge in [-0.2, -0.15) is 0 Å². The summed E-state index contributed by atoms with van der Waals surface area (Å²) in [5.41, 5.74) is 1.06. The Labute approximate surface area is 176 Å². The normalized spacial score (nSPS) is 20.4. The van der Waals surface area contributed by atoms with Gasteiger partial charge >= 0.3 is 0 Å². The molecule has 1 aliphatic rings. The first-order chi connectivity index (χ1) is 14.8. The smallest absolute Gasteiger partial charge is 0.290 e. The minimum atomic E-state index is -0.737. The number of H-pyrrole nitrogens is 1. The first kappa shape index (κ1) is 22.2. The van der Waals surface area contributed by atoms with E-state index in [0.717, 1.165) is 18.7 Å². The molecule has 0 spiro atoms. The van der Waals surface area contributed by atoms with Crippen molar-refractivity contribution in [2.75, 3.05) is 0 Å². The van der Waals surface area contributed by atoms with E-state index in [2.05, 4.69) is 25.6 Å². The van der Waals surface area contributed by atoms with Crippen LogP contribution in [0.2, 0.25) is 0 Å². The fourth-order valence-electron chi connectivity index (χ4n) is 3.85. The zero-order valence-corrected chi connectivity index (χ0v) is 16.8. The highest BCUT2D eigenvalue weighted by Crippen LogP contribution is 2.32. The van der Waals surface area contributed by atoms with Crippen LogP contribution < -0.4 is 11.2 Å². The standard InChI is InChI=1S/C20H22F3N7O/c1-10(21)8-26-17(15-9-27-18-14(15)6-12(22)7-16(18)23)11-3-2-4-13(5-11)28-20(31)19(24)29-30-25/h6-9,11,13,27H,2-5H2,1H3,(H,28,31)(H3,24,25,29)/b10-8+,26-17?/t11?,13-/m1/s1. The number of nitrogens with two attached hydrogens (primary N) is 1. The third-order valence-electron chi connectivity index (χ3n) is 5.13. The topological polar surface area (TPSA) is 132 Å². The van der Waals surface area contributed by atoms with Gasteiger partial charge in [0, 0.05) is 35.2 Å². The number of hydrogen-bond donors (Lipinski definition) is 4. The van der Waals surface area contributed by atoms with Crippen molar-refractivity contribution in [3.8, 4) is 0 Å². The zero-order valence-electron chi connectivity index (χ0n) is 16.8. The second-order valence-electron chi connectivity index (χ2n) is 7.34. The lowest BCUT2D eigenvalue weighted by atomic mass is 9.80. The molecule has 0 radical (unpaired) electrons. The van der Waals surface area contributed by atoms with Gasteiger partial charge in [0.2, 0.25) is 5.84 Å². The van der Waals surface area contributed by atoms with E-state index in [9.17, 15) is 18.0 Å². The van der Waals surface area contributed by atoms with Crippen molar-refractivity contribution in [2.24, 2.45) is 27.1 Å². The third kappa shape index (κ3) is 5.16. The molecule has 1 unspecified atom stereocenters. The van der Waals surface area contributed by atoms with Gasteiger partial charge in [0.1, 0.15) is 17.5 Å². The number of aromatic nitrogens is 1. The number of fused-ring (bicyclic) bond motifs is 1. The molecule has 1 heterocycles. The van der Waals surface area contributed by atoms with E-state index in [1.54, 1.807) is 0 Å². The second-order valence-corrected chi connectivity index (χ2v) is 7.34. The maximum atomic E-state index is 14.1. The number of aromatic amines is 1. The van der Waals surface area contributed by atoms with Gasteiger partial charge in [-0.1, -0.05) is 11.6 Å². The molecule has 1 aliphatic carbocycles. The number of amidine groups is 1. The number of hydrogen-bond acceptors (Lipinski definition) is 4. The van der Waals surface area contributed by atoms with Crippen LogP contribution in [0.4, 0.5) is 13.2 Å². The summed E-state index contributed by atoms with van der Waals surface area (Å²) in [5.74, 6) is 1.34. The van der Waals surface area contributed by atoms with Crippen molar-refractivity contribution in [1.82, 2.24) is 10.3 Å². The fourth-order valence-corrected chi connectivity index (χ4v) is 3.85. The van der Waals surface area contributed by atoms with Crippen LogP contribution in [0.25, 0.3) is 10.9 Å². The Morgan fingerprint density at radius 2 is 2.13 bits per heavy atom. The Morgan fingerprint density at radius 3 is 2.84 bits per heavy atom. The Morgan fingerprint density at radius 1 is 1.35 bits per heavy atom. The van der Waals surface area contributed by atoms with Crippen molar-refractivity contribution < 1.29 is 18.0 Å². The van der Waals surface area contributed by atoms with Crippen LogP contribution in [-0.2, 0) is 4.79 Å². The highest BCUT2D eigenvalue weighted by atomic mass is 19.1. The van der Waals surface area contributed by atoms with Crippen molar-refractivity contribution in [3.63, 3.8) is 0 Å². The Hall–Kier alpha value is -3.50. The largest absolute Gasteiger partial charge is 0.358 e. The number of carbonyl (C=O) groups excluding carboxylic acids is 1. The highest BCUT2D eigenvalue weighted by molar-refractivity contribution is 6.36. The van der Waals surface area contributed by atoms with E-state index >= 15 is 0 Å². The Kier molecular flexibility index (Phi) is 6.83. The monoisotopic (exact) mass is 433 g/mol. The molecule has 1 aromatic carbocycles. The van der Waals surface area contributed by atoms with E-state index in [0.29, 0.717) is 35.9 Å². The summed E-state index contributed by atoms with van der Waals surface area (Å²) >= 11 is 0. The third-order valence-corrected chi connectivity index (χ3v) is 5.13. The molecule has 31 heavy (non-hydrogen) atoms. The van der Waals surface area contributed by atoms with Gasteiger partial charge < -0.3 is 16.1 Å². The fraction of sp³-hybridized carbons (Fsp3) is 0.350. The van der Waals surface area contributed by atoms with Crippen LogP contribution in [0.5, 0.6) is 0 Å². The predicted octanol–water partition coefficient (Wildman–Crippen LogP) is 4.04. The number of aliphatic imine (C=N–C) groups is 1. The van der Waals surface area contributed by atoms with Crippen molar-refractivity contribution in [2.45, 2.75) is 38.6 Å². The molecule has 164 valence electrons. The van der Waals surface area contributed by atoms with E-state index < -0.39 is 29.2 Å². The van der Waals surface area contributed by atoms with Gasteiger partial charge in [-0.25, -0.2) is 13.2 Å². The van der Waals surface area contributed by atoms with Crippen LogP contribution in [-0.4, -0.2) is 28.5 Å². The van der Waals surface area contributed by atoms with Gasteiger partial charge in [-0.3, -0.25) is 15.2 Å². The SMILES string of the molecule is C/C(F)=C\N=C(c1c[nH]c2c(F)cc(F)cc12)C1CCC[C@@H](NC(=O)C(=N)/N=N\N)C1. The molecule has 0 saturated heterocycles. The van der Waals surface area contributed by atoms with Gasteiger partial charge in [0.15, 0.2) is 0 Å². The van der Waals surface area contributed by atoms with E-state index in [-0.39, 0.29) is 17.5 Å². The van der Waals surface area contributed by atoms with E-state index in [4.69, 9.17) is 11.3 Å². The summed E-state index contributed by atoms with van der Waals surface area (Å²) in [4.78, 5) is 19.1. The summed E-state index contributed by atoms with van der Waals surface area (Å²) in [6.07, 6.45) is 5.10. The van der Waals surface area contributed by atoms with Gasteiger partial charge in [-0.15, -0.1) is 5.11 Å². The lowest BCUT2D eigenvalue weighted by Gasteiger charge is -2.30. The number of rotatable bonds is 4. The van der Waals surface area contributed by atoms with Gasteiger partial charge in [0.05, 0.1) is 17.4 Å². The minimum Gasteiger partial charge on any atom is -0.358 e. The summed E-state index contributed by atoms with van der Waals surface area (Å²) < 4.78 is 41.4. The first-order valence-electron chi connectivity index (χ1n) is 9.67. The van der Waals surface area contributed by atoms with Crippen molar-refractivity contribution >= 4 is 28.4 Å². The number of halogens is 3. The summed E-state index contributed by atoms with van der Waals surface area (Å²) in [6, 6.07) is 1.69. The van der Waals surface area contributed by atoms with Gasteiger partial charge in [-0.05, 0) is 32.3 Å². The molecule has 8 nitrogen and oxygen atoms in total. The molecule has 3 rings (SSSR count). The van der Waals surface area contributed by atoms with Crippen LogP contribution >= 0.6 is 0 Å². The number of allylic oxidation sites excluding steroid dienone is 1. The molecule has 2 aromatic rings. The lowest BCUT2D eigenvalue weighted by Crippen LogP contribution is -2.42. The molecular formula is C20H22F3N7O. The average Bonchev–Trinajstić information content (AvgIpc) is 3.12. The maximum absolute atomic E-state index is 14.1. The van der Waals surface area contributed by atoms with E-state index in [1.165, 1.54) is 19.2 Å². The lowest BCUT2D eigenvalue weighted by molar-refractivity contribution is -0.115. The predicted molar refractivity (Wildman–Crippen MR) is 110 cm³/mol. The summed E-state index contributed by atoms with van der Waals surface area (Å²) in [5, 5.41) is 16.7. The van der Waals surface area contributed by atoms with Crippen LogP contribution in [0, 0.1) is 23.0 Å². The number of nitrogens with one attached hydrogen (secondary N) is 3. The second kappa shape index (κ2) is 9.54. The number of amides is 1. The van der Waals surface area contributed by atoms with Gasteiger partial charge in [0.25, 0.3) is 5.91 Å². The number of nitrogens with zero attached hydrogens (tertiary/aromatic N) is 3. The molecule has 2 atom stereocenters. The van der Waals surface area contributed by atoms with Crippen LogP contribution in [0.1, 0.15) is 38.2 Å². The van der Waals surface area contributed by atoms with Crippen molar-refractivity contribution in [3.05, 3.63) is 47.6 Å². The number of carbonyl (C=O) groups is 1. The Bertz CT molecular complexity index is 1090. The molecule has 1 amide bonds. The minimum absolute atomic E-state index is 0.131. The highest BCUT2D eigenvalue weighted by Gasteiger charge is 2.29. The quantitative estimate of drug-likeness (QED) is 0.191.